The van der Waals surface area contributed by atoms with Gasteiger partial charge in [0.2, 0.25) is 0 Å². The summed E-state index contributed by atoms with van der Waals surface area (Å²) in [4.78, 5) is 21.4. The smallest absolute Gasteiger partial charge is 0.258 e. The average molecular weight is 400 g/mol. The molecular formula is C20H15Cl2N3O2. The van der Waals surface area contributed by atoms with Gasteiger partial charge in [0.1, 0.15) is 17.8 Å². The third kappa shape index (κ3) is 3.24. The molecule has 0 N–H and O–H groups in total. The average Bonchev–Trinajstić information content (AvgIpc) is 2.61. The fourth-order valence-electron chi connectivity index (χ4n) is 3.01. The van der Waals surface area contributed by atoms with E-state index in [0.29, 0.717) is 32.7 Å². The van der Waals surface area contributed by atoms with Crippen LogP contribution in [0.5, 0.6) is 5.75 Å². The van der Waals surface area contributed by atoms with Gasteiger partial charge >= 0.3 is 0 Å². The molecule has 0 amide bonds. The molecule has 0 unspecified atom stereocenters. The van der Waals surface area contributed by atoms with Crippen LogP contribution in [-0.2, 0) is 6.61 Å². The highest BCUT2D eigenvalue weighted by Gasteiger charge is 2.14. The van der Waals surface area contributed by atoms with Crippen LogP contribution in [0.15, 0.2) is 47.3 Å². The van der Waals surface area contributed by atoms with Crippen molar-refractivity contribution in [2.24, 2.45) is 0 Å². The normalized spacial score (nSPS) is 11.3. The van der Waals surface area contributed by atoms with Gasteiger partial charge in [0.25, 0.3) is 5.56 Å². The second-order valence-electron chi connectivity index (χ2n) is 6.25. The predicted octanol–water partition coefficient (Wildman–Crippen LogP) is 4.75. The highest BCUT2D eigenvalue weighted by Crippen LogP contribution is 2.37. The van der Waals surface area contributed by atoms with Gasteiger partial charge in [0.15, 0.2) is 5.75 Å². The first-order chi connectivity index (χ1) is 12.9. The van der Waals surface area contributed by atoms with Gasteiger partial charge in [-0.2, -0.15) is 0 Å². The third-order valence-corrected chi connectivity index (χ3v) is 4.87. The highest BCUT2D eigenvalue weighted by atomic mass is 35.5. The zero-order valence-corrected chi connectivity index (χ0v) is 16.2. The van der Waals surface area contributed by atoms with Crippen molar-refractivity contribution >= 4 is 39.8 Å². The molecule has 0 aliphatic carbocycles. The molecule has 1 aromatic carbocycles. The number of aromatic nitrogens is 3. The molecule has 0 aliphatic rings. The lowest BCUT2D eigenvalue weighted by Crippen LogP contribution is -2.18. The molecule has 0 atom stereocenters. The van der Waals surface area contributed by atoms with E-state index < -0.39 is 0 Å². The molecule has 0 radical (unpaired) electrons. The van der Waals surface area contributed by atoms with Crippen molar-refractivity contribution in [3.63, 3.8) is 0 Å². The Morgan fingerprint density at radius 1 is 1.04 bits per heavy atom. The minimum atomic E-state index is -0.155. The van der Waals surface area contributed by atoms with Crippen LogP contribution >= 0.6 is 23.2 Å². The highest BCUT2D eigenvalue weighted by molar-refractivity contribution is 6.39. The molecule has 136 valence electrons. The third-order valence-electron chi connectivity index (χ3n) is 4.27. The number of nitrogens with zero attached hydrogens (tertiary/aromatic N) is 3. The summed E-state index contributed by atoms with van der Waals surface area (Å²) in [6, 6.07) is 12.4. The predicted molar refractivity (Wildman–Crippen MR) is 107 cm³/mol. The molecule has 0 spiro atoms. The van der Waals surface area contributed by atoms with Gasteiger partial charge in [-0.15, -0.1) is 0 Å². The molecule has 0 saturated heterocycles. The molecular weight excluding hydrogens is 385 g/mol. The lowest BCUT2D eigenvalue weighted by Gasteiger charge is -2.12. The fourth-order valence-corrected chi connectivity index (χ4v) is 3.58. The topological polar surface area (TPSA) is 56.5 Å². The zero-order chi connectivity index (χ0) is 19.1. The van der Waals surface area contributed by atoms with Crippen LogP contribution in [0.2, 0.25) is 10.0 Å². The molecule has 0 saturated carbocycles. The van der Waals surface area contributed by atoms with Crippen LogP contribution in [0.3, 0.4) is 0 Å². The van der Waals surface area contributed by atoms with Crippen LogP contribution in [0.4, 0.5) is 0 Å². The number of fused-ring (bicyclic) bond motifs is 2. The van der Waals surface area contributed by atoms with E-state index in [0.717, 1.165) is 16.8 Å². The van der Waals surface area contributed by atoms with Crippen LogP contribution in [0.25, 0.3) is 16.6 Å². The summed E-state index contributed by atoms with van der Waals surface area (Å²) in [6.07, 6.45) is 0. The van der Waals surface area contributed by atoms with E-state index in [1.807, 2.05) is 38.1 Å². The molecule has 4 rings (SSSR count). The van der Waals surface area contributed by atoms with Gasteiger partial charge in [-0.05, 0) is 44.2 Å². The SMILES string of the molecule is Cc1ccc2c(Cl)cc(Cl)c(OCc3cc(=O)n4c(C)cccc4n3)c2n1. The lowest BCUT2D eigenvalue weighted by atomic mass is 10.2. The summed E-state index contributed by atoms with van der Waals surface area (Å²) in [5, 5.41) is 1.62. The number of halogens is 2. The van der Waals surface area contributed by atoms with E-state index in [9.17, 15) is 4.79 Å². The Morgan fingerprint density at radius 2 is 1.85 bits per heavy atom. The number of ether oxygens (including phenoxy) is 1. The largest absolute Gasteiger partial charge is 0.483 e. The van der Waals surface area contributed by atoms with E-state index >= 15 is 0 Å². The van der Waals surface area contributed by atoms with E-state index in [1.165, 1.54) is 6.07 Å². The maximum absolute atomic E-state index is 12.4. The summed E-state index contributed by atoms with van der Waals surface area (Å²) >= 11 is 12.6. The Hall–Kier alpha value is -2.63. The maximum atomic E-state index is 12.4. The maximum Gasteiger partial charge on any atom is 0.258 e. The second kappa shape index (κ2) is 6.83. The minimum Gasteiger partial charge on any atom is -0.483 e. The molecule has 3 heterocycles. The van der Waals surface area contributed by atoms with Gasteiger partial charge in [0.05, 0.1) is 15.7 Å². The van der Waals surface area contributed by atoms with Crippen LogP contribution < -0.4 is 10.3 Å². The summed E-state index contributed by atoms with van der Waals surface area (Å²) < 4.78 is 7.47. The Morgan fingerprint density at radius 3 is 2.67 bits per heavy atom. The Balaban J connectivity index is 1.75. The molecule has 5 nitrogen and oxygen atoms in total. The monoisotopic (exact) mass is 399 g/mol. The first kappa shape index (κ1) is 17.8. The van der Waals surface area contributed by atoms with Crippen molar-refractivity contribution in [1.82, 2.24) is 14.4 Å². The summed E-state index contributed by atoms with van der Waals surface area (Å²) in [5.74, 6) is 0.422. The van der Waals surface area contributed by atoms with E-state index in [2.05, 4.69) is 9.97 Å². The quantitative estimate of drug-likeness (QED) is 0.498. The van der Waals surface area contributed by atoms with Gasteiger partial charge in [-0.3, -0.25) is 9.20 Å². The lowest BCUT2D eigenvalue weighted by molar-refractivity contribution is 0.304. The first-order valence-electron chi connectivity index (χ1n) is 8.30. The summed E-state index contributed by atoms with van der Waals surface area (Å²) in [6.45, 7) is 3.83. The van der Waals surface area contributed by atoms with E-state index in [-0.39, 0.29) is 12.2 Å². The molecule has 0 fully saturated rings. The van der Waals surface area contributed by atoms with Gasteiger partial charge in [0, 0.05) is 22.8 Å². The molecule has 27 heavy (non-hydrogen) atoms. The summed E-state index contributed by atoms with van der Waals surface area (Å²) in [5.41, 5.74) is 3.16. The van der Waals surface area contributed by atoms with Gasteiger partial charge in [-0.1, -0.05) is 29.3 Å². The van der Waals surface area contributed by atoms with Crippen LogP contribution in [0, 0.1) is 13.8 Å². The van der Waals surface area contributed by atoms with Crippen LogP contribution in [0.1, 0.15) is 17.1 Å². The molecule has 4 aromatic rings. The number of aryl methyl sites for hydroxylation is 2. The molecule has 7 heteroatoms. The van der Waals surface area contributed by atoms with Crippen molar-refractivity contribution in [1.29, 1.82) is 0 Å². The van der Waals surface area contributed by atoms with Gasteiger partial charge in [-0.25, -0.2) is 9.97 Å². The van der Waals surface area contributed by atoms with Crippen molar-refractivity contribution in [3.05, 3.63) is 79.9 Å². The number of pyridine rings is 2. The Labute approximate surface area is 165 Å². The molecule has 3 aromatic heterocycles. The molecule has 0 bridgehead atoms. The van der Waals surface area contributed by atoms with Gasteiger partial charge < -0.3 is 4.74 Å². The van der Waals surface area contributed by atoms with Crippen LogP contribution in [-0.4, -0.2) is 14.4 Å². The van der Waals surface area contributed by atoms with E-state index in [4.69, 9.17) is 27.9 Å². The summed E-state index contributed by atoms with van der Waals surface area (Å²) in [7, 11) is 0. The van der Waals surface area contributed by atoms with Crippen molar-refractivity contribution in [3.8, 4) is 5.75 Å². The Kier molecular flexibility index (Phi) is 4.50. The fraction of sp³-hybridized carbons (Fsp3) is 0.150. The number of rotatable bonds is 3. The zero-order valence-electron chi connectivity index (χ0n) is 14.7. The molecule has 0 aliphatic heterocycles. The Bertz CT molecular complexity index is 1250. The minimum absolute atomic E-state index is 0.0890. The van der Waals surface area contributed by atoms with Crippen molar-refractivity contribution < 1.29 is 4.74 Å². The number of hydrogen-bond acceptors (Lipinski definition) is 4. The first-order valence-corrected chi connectivity index (χ1v) is 9.06. The second-order valence-corrected chi connectivity index (χ2v) is 7.07. The number of hydrogen-bond donors (Lipinski definition) is 0. The standard InChI is InChI=1S/C20H15Cl2N3O2/c1-11-6-7-14-15(21)9-16(22)20(19(14)23-11)27-10-13-8-18(26)25-12(2)4-3-5-17(25)24-13/h3-9H,10H2,1-2H3. The van der Waals surface area contributed by atoms with E-state index in [1.54, 1.807) is 16.5 Å². The van der Waals surface area contributed by atoms with Crippen molar-refractivity contribution in [2.45, 2.75) is 20.5 Å². The number of benzene rings is 1. The van der Waals surface area contributed by atoms with Crippen molar-refractivity contribution in [2.75, 3.05) is 0 Å².